The van der Waals surface area contributed by atoms with Crippen LogP contribution in [0.1, 0.15) is 13.8 Å². The topological polar surface area (TPSA) is 227 Å². The van der Waals surface area contributed by atoms with Crippen LogP contribution in [-0.2, 0) is 23.9 Å². The van der Waals surface area contributed by atoms with Gasteiger partial charge < -0.3 is 20.5 Å². The largest absolute Gasteiger partial charge is 0.465 e. The lowest BCUT2D eigenvalue weighted by atomic mass is 10.0. The molecule has 0 fully saturated rings. The zero-order chi connectivity index (χ0) is 43.8. The number of esters is 2. The van der Waals surface area contributed by atoms with E-state index in [1.807, 2.05) is 18.6 Å². The number of benzene rings is 2. The Morgan fingerprint density at radius 2 is 1.23 bits per heavy atom. The Hall–Kier alpha value is -5.33. The summed E-state index contributed by atoms with van der Waals surface area (Å²) in [6.07, 6.45) is 8.34. The first kappa shape index (κ1) is 47.3. The quantitative estimate of drug-likeness (QED) is 0.0363. The van der Waals surface area contributed by atoms with Crippen molar-refractivity contribution < 1.29 is 28.7 Å². The third-order valence-corrected chi connectivity index (χ3v) is 9.84. The van der Waals surface area contributed by atoms with Crippen molar-refractivity contribution in [3.63, 3.8) is 0 Å². The highest BCUT2D eigenvalue weighted by atomic mass is 35.5. The summed E-state index contributed by atoms with van der Waals surface area (Å²) in [6.45, 7) is 3.39. The van der Waals surface area contributed by atoms with Crippen molar-refractivity contribution in [3.05, 3.63) is 81.0 Å². The van der Waals surface area contributed by atoms with Crippen molar-refractivity contribution in [1.29, 1.82) is 0 Å². The molecule has 6 aromatic rings. The fourth-order valence-electron chi connectivity index (χ4n) is 4.92. The van der Waals surface area contributed by atoms with E-state index in [0.717, 1.165) is 5.39 Å². The van der Waals surface area contributed by atoms with Gasteiger partial charge in [-0.2, -0.15) is 4.99 Å². The van der Waals surface area contributed by atoms with E-state index in [1.54, 1.807) is 68.7 Å². The van der Waals surface area contributed by atoms with Gasteiger partial charge in [0.1, 0.15) is 24.7 Å². The van der Waals surface area contributed by atoms with Gasteiger partial charge in [0.05, 0.1) is 33.3 Å². The van der Waals surface area contributed by atoms with Gasteiger partial charge in [-0.1, -0.05) is 82.1 Å². The van der Waals surface area contributed by atoms with Gasteiger partial charge in [-0.05, 0) is 62.8 Å². The zero-order valence-electron chi connectivity index (χ0n) is 32.1. The summed E-state index contributed by atoms with van der Waals surface area (Å²) < 4.78 is 9.23. The molecule has 0 saturated carbocycles. The van der Waals surface area contributed by atoms with Crippen LogP contribution in [0.4, 0.5) is 16.4 Å². The van der Waals surface area contributed by atoms with Crippen LogP contribution in [0.2, 0.25) is 20.1 Å². The van der Waals surface area contributed by atoms with E-state index >= 15 is 0 Å². The van der Waals surface area contributed by atoms with E-state index in [-0.39, 0.29) is 25.5 Å². The predicted octanol–water partition coefficient (Wildman–Crippen LogP) is 8.59. The Morgan fingerprint density at radius 3 is 1.73 bits per heavy atom. The van der Waals surface area contributed by atoms with Crippen LogP contribution in [0.15, 0.2) is 76.2 Å². The molecule has 4 heterocycles. The lowest BCUT2D eigenvalue weighted by molar-refractivity contribution is -0.142. The fraction of sp³-hybridized carbons (Fsp3) is 0.211. The zero-order valence-corrected chi connectivity index (χ0v) is 36.7. The first-order valence-corrected chi connectivity index (χ1v) is 21.3. The molecule has 312 valence electrons. The maximum atomic E-state index is 12.4. The predicted molar refractivity (Wildman–Crippen MR) is 237 cm³/mol. The number of aromatic nitrogens is 6. The molecule has 4 aromatic heterocycles. The molecule has 2 amide bonds. The molecule has 6 rings (SSSR count). The minimum Gasteiger partial charge on any atom is -0.465 e. The Morgan fingerprint density at radius 1 is 0.750 bits per heavy atom. The van der Waals surface area contributed by atoms with Gasteiger partial charge in [-0.3, -0.25) is 14.9 Å². The molecule has 0 bridgehead atoms. The maximum absolute atomic E-state index is 12.4. The molecule has 2 aromatic carbocycles. The Kier molecular flexibility index (Phi) is 18.5. The molecule has 60 heavy (non-hydrogen) atoms. The van der Waals surface area contributed by atoms with Gasteiger partial charge in [0, 0.05) is 45.4 Å². The Bertz CT molecular complexity index is 2530. The molecule has 0 unspecified atom stereocenters. The first-order chi connectivity index (χ1) is 28.8. The smallest absolute Gasteiger partial charge is 0.328 e. The summed E-state index contributed by atoms with van der Waals surface area (Å²) in [5.41, 5.74) is 9.34. The third kappa shape index (κ3) is 13.1. The van der Waals surface area contributed by atoms with Crippen molar-refractivity contribution in [3.8, 4) is 22.3 Å². The second kappa shape index (κ2) is 23.5. The van der Waals surface area contributed by atoms with Crippen LogP contribution in [-0.4, -0.2) is 92.8 Å². The summed E-state index contributed by atoms with van der Waals surface area (Å²) in [4.78, 5) is 72.6. The second-order valence-corrected chi connectivity index (χ2v) is 14.5. The highest BCUT2D eigenvalue weighted by molar-refractivity contribution is 7.98. The number of urea groups is 1. The number of carbonyl (C=O) groups excluding carboxylic acids is 4. The number of thioether (sulfide) groups is 2. The lowest BCUT2D eigenvalue weighted by Crippen LogP contribution is -2.34. The van der Waals surface area contributed by atoms with Crippen molar-refractivity contribution >= 4 is 128 Å². The van der Waals surface area contributed by atoms with Gasteiger partial charge in [0.25, 0.3) is 0 Å². The SMILES string of the molecule is CCOC(=O)CN=C=O.CCOC(=O)CNC(=O)Nc1nc2nc(SC)ncc2cc1-c1c(Cl)cccc1Cl.CSc1ncc2cc(-c3c(Cl)cccc3Cl)c(N)nc2n1. The summed E-state index contributed by atoms with van der Waals surface area (Å²) in [6, 6.07) is 13.4. The van der Waals surface area contributed by atoms with E-state index in [2.05, 4.69) is 50.3 Å². The van der Waals surface area contributed by atoms with Crippen LogP contribution < -0.4 is 16.4 Å². The first-order valence-electron chi connectivity index (χ1n) is 17.3. The summed E-state index contributed by atoms with van der Waals surface area (Å²) in [7, 11) is 0. The number of pyridine rings is 2. The number of anilines is 2. The fourth-order valence-corrected chi connectivity index (χ4v) is 6.80. The molecule has 4 N–H and O–H groups in total. The monoisotopic (exact) mass is 930 g/mol. The number of fused-ring (bicyclic) bond motifs is 2. The Labute approximate surface area is 371 Å². The van der Waals surface area contributed by atoms with E-state index in [1.165, 1.54) is 29.6 Å². The molecule has 16 nitrogen and oxygen atoms in total. The summed E-state index contributed by atoms with van der Waals surface area (Å²) in [5, 5.41) is 9.52. The average molecular weight is 933 g/mol. The molecule has 0 spiro atoms. The normalized spacial score (nSPS) is 10.3. The Balaban J connectivity index is 0.000000228. The third-order valence-electron chi connectivity index (χ3n) is 7.46. The van der Waals surface area contributed by atoms with E-state index in [9.17, 15) is 19.2 Å². The van der Waals surface area contributed by atoms with Crippen LogP contribution in [0.25, 0.3) is 44.3 Å². The number of rotatable bonds is 11. The van der Waals surface area contributed by atoms with Gasteiger partial charge >= 0.3 is 18.0 Å². The molecule has 0 radical (unpaired) electrons. The number of amides is 2. The average Bonchev–Trinajstić information content (AvgIpc) is 3.22. The van der Waals surface area contributed by atoms with Crippen LogP contribution >= 0.6 is 69.9 Å². The van der Waals surface area contributed by atoms with Gasteiger partial charge in [-0.15, -0.1) is 0 Å². The number of nitrogens with zero attached hydrogens (tertiary/aromatic N) is 7. The van der Waals surface area contributed by atoms with E-state index in [0.29, 0.717) is 81.8 Å². The second-order valence-electron chi connectivity index (χ2n) is 11.4. The number of hydrogen-bond donors (Lipinski definition) is 3. The van der Waals surface area contributed by atoms with Crippen molar-refractivity contribution in [2.24, 2.45) is 4.99 Å². The van der Waals surface area contributed by atoms with Crippen molar-refractivity contribution in [2.45, 2.75) is 24.2 Å². The molecule has 22 heteroatoms. The van der Waals surface area contributed by atoms with Crippen LogP contribution in [0.3, 0.4) is 0 Å². The van der Waals surface area contributed by atoms with E-state index < -0.39 is 18.0 Å². The number of carbonyl (C=O) groups is 3. The molecule has 0 saturated heterocycles. The minimum atomic E-state index is -0.640. The highest BCUT2D eigenvalue weighted by Crippen LogP contribution is 2.40. The van der Waals surface area contributed by atoms with Crippen LogP contribution in [0.5, 0.6) is 0 Å². The standard InChI is InChI=1S/C19H17Cl2N5O3S.C14H10Cl2N4S.C5H7NO3/c1-3-29-14(27)9-22-18(28)25-17-11(15-12(20)5-4-6-13(15)21)7-10-8-23-19(30-2)26-16(10)24-17;1-21-14-18-6-7-5-8(12(17)19-13(7)20-14)11-9(15)3-2-4-10(11)16;1-2-9-5(8)3-6-4-7/h4-8H,3,9H2,1-2H3,(H2,22,23,24,25,26,28);2-6H,1H3,(H2,17,18,19,20);2-3H2,1H3. The van der Waals surface area contributed by atoms with Gasteiger partial charge in [0.2, 0.25) is 6.08 Å². The molecule has 0 aliphatic rings. The van der Waals surface area contributed by atoms with Crippen molar-refractivity contribution in [2.75, 3.05) is 49.9 Å². The number of hydrogen-bond acceptors (Lipinski definition) is 16. The highest BCUT2D eigenvalue weighted by Gasteiger charge is 2.19. The number of halogens is 4. The number of nitrogens with two attached hydrogens (primary N) is 1. The number of nitrogens with one attached hydrogen (secondary N) is 2. The number of nitrogen functional groups attached to an aromatic ring is 1. The molecule has 0 atom stereocenters. The molecule has 0 aliphatic carbocycles. The van der Waals surface area contributed by atoms with Gasteiger partial charge in [0.15, 0.2) is 21.6 Å². The maximum Gasteiger partial charge on any atom is 0.328 e. The number of ether oxygens (including phenoxy) is 2. The summed E-state index contributed by atoms with van der Waals surface area (Å²) in [5.74, 6) is -0.528. The molecular weight excluding hydrogens is 898 g/mol. The van der Waals surface area contributed by atoms with Gasteiger partial charge in [-0.25, -0.2) is 39.5 Å². The molecular formula is C38H34Cl4N10O6S2. The van der Waals surface area contributed by atoms with Crippen molar-refractivity contribution in [1.82, 2.24) is 35.2 Å². The van der Waals surface area contributed by atoms with E-state index in [4.69, 9.17) is 56.9 Å². The van der Waals surface area contributed by atoms with Crippen LogP contribution in [0, 0.1) is 0 Å². The number of aliphatic imine (C=N–C) groups is 1. The lowest BCUT2D eigenvalue weighted by Gasteiger charge is -2.14. The summed E-state index contributed by atoms with van der Waals surface area (Å²) >= 11 is 28.0. The molecule has 0 aliphatic heterocycles. The minimum absolute atomic E-state index is 0.185. The number of isocyanates is 1.